The van der Waals surface area contributed by atoms with Crippen LogP contribution >= 0.6 is 0 Å². The summed E-state index contributed by atoms with van der Waals surface area (Å²) in [5.41, 5.74) is 1.33. The standard InChI is InChI=1S/C23H15N5O6/c29-22-19-20(14-6-8-17(9-7-14)27(31)32)24-26(16-4-2-1-3-5-16)21(19)23(30)25(22)15-10-12-18(13-11-15)28(33)34/h1-13,19,21H/t19-,21+/m1/s1. The van der Waals surface area contributed by atoms with Gasteiger partial charge in [0, 0.05) is 24.3 Å². The fourth-order valence-electron chi connectivity index (χ4n) is 4.18. The molecule has 0 N–H and O–H groups in total. The van der Waals surface area contributed by atoms with Crippen LogP contribution in [0.25, 0.3) is 0 Å². The molecule has 11 heteroatoms. The highest BCUT2D eigenvalue weighted by Gasteiger charge is 2.57. The maximum Gasteiger partial charge on any atom is 0.269 e. The molecular weight excluding hydrogens is 442 g/mol. The van der Waals surface area contributed by atoms with Crippen molar-refractivity contribution in [2.75, 3.05) is 9.91 Å². The van der Waals surface area contributed by atoms with Crippen molar-refractivity contribution in [2.24, 2.45) is 11.0 Å². The lowest BCUT2D eigenvalue weighted by molar-refractivity contribution is -0.385. The summed E-state index contributed by atoms with van der Waals surface area (Å²) >= 11 is 0. The molecule has 5 rings (SSSR count). The third-order valence-electron chi connectivity index (χ3n) is 5.76. The number of hydrogen-bond donors (Lipinski definition) is 0. The van der Waals surface area contributed by atoms with E-state index < -0.39 is 33.6 Å². The molecule has 2 amide bonds. The molecule has 1 saturated heterocycles. The Morgan fingerprint density at radius 3 is 1.82 bits per heavy atom. The zero-order valence-electron chi connectivity index (χ0n) is 17.3. The summed E-state index contributed by atoms with van der Waals surface area (Å²) in [6.07, 6.45) is 0. The third-order valence-corrected chi connectivity index (χ3v) is 5.76. The van der Waals surface area contributed by atoms with Gasteiger partial charge in [-0.3, -0.25) is 34.8 Å². The second-order valence-electron chi connectivity index (χ2n) is 7.68. The lowest BCUT2D eigenvalue weighted by Crippen LogP contribution is -2.39. The number of carbonyl (C=O) groups excluding carboxylic acids is 2. The van der Waals surface area contributed by atoms with Crippen molar-refractivity contribution in [3.8, 4) is 0 Å². The van der Waals surface area contributed by atoms with Gasteiger partial charge in [0.15, 0.2) is 0 Å². The van der Waals surface area contributed by atoms with Gasteiger partial charge in [0.25, 0.3) is 17.3 Å². The third kappa shape index (κ3) is 3.26. The van der Waals surface area contributed by atoms with Gasteiger partial charge in [-0.05, 0) is 42.0 Å². The first-order valence-electron chi connectivity index (χ1n) is 10.2. The van der Waals surface area contributed by atoms with E-state index in [0.29, 0.717) is 17.0 Å². The Labute approximate surface area is 191 Å². The second kappa shape index (κ2) is 7.89. The van der Waals surface area contributed by atoms with E-state index in [2.05, 4.69) is 5.10 Å². The maximum absolute atomic E-state index is 13.5. The lowest BCUT2D eigenvalue weighted by Gasteiger charge is -2.22. The molecule has 2 aliphatic heterocycles. The topological polar surface area (TPSA) is 139 Å². The van der Waals surface area contributed by atoms with Gasteiger partial charge in [-0.1, -0.05) is 18.2 Å². The maximum atomic E-state index is 13.5. The fraction of sp³-hybridized carbons (Fsp3) is 0.0870. The molecule has 1 fully saturated rings. The Morgan fingerprint density at radius 1 is 0.706 bits per heavy atom. The van der Waals surface area contributed by atoms with Gasteiger partial charge in [-0.2, -0.15) is 5.10 Å². The first-order valence-corrected chi connectivity index (χ1v) is 10.2. The van der Waals surface area contributed by atoms with Crippen LogP contribution in [0.15, 0.2) is 84.0 Å². The van der Waals surface area contributed by atoms with E-state index >= 15 is 0 Å². The summed E-state index contributed by atoms with van der Waals surface area (Å²) in [5.74, 6) is -2.00. The minimum absolute atomic E-state index is 0.111. The van der Waals surface area contributed by atoms with Gasteiger partial charge >= 0.3 is 0 Å². The first kappa shape index (κ1) is 20.9. The summed E-state index contributed by atoms with van der Waals surface area (Å²) in [6.45, 7) is 0. The number of fused-ring (bicyclic) bond motifs is 1. The van der Waals surface area contributed by atoms with Gasteiger partial charge in [-0.15, -0.1) is 0 Å². The van der Waals surface area contributed by atoms with Crippen LogP contribution < -0.4 is 9.91 Å². The number of hydrazone groups is 1. The number of non-ortho nitro benzene ring substituents is 2. The van der Waals surface area contributed by atoms with Crippen molar-refractivity contribution in [3.63, 3.8) is 0 Å². The normalized spacial score (nSPS) is 19.2. The molecule has 0 aliphatic carbocycles. The van der Waals surface area contributed by atoms with E-state index in [1.807, 2.05) is 6.07 Å². The van der Waals surface area contributed by atoms with Gasteiger partial charge in [0.1, 0.15) is 12.0 Å². The molecule has 3 aromatic carbocycles. The smallest absolute Gasteiger partial charge is 0.269 e. The monoisotopic (exact) mass is 457 g/mol. The Morgan fingerprint density at radius 2 is 1.26 bits per heavy atom. The molecule has 0 spiro atoms. The zero-order valence-corrected chi connectivity index (χ0v) is 17.3. The molecule has 0 aromatic heterocycles. The quantitative estimate of drug-likeness (QED) is 0.325. The van der Waals surface area contributed by atoms with Crippen molar-refractivity contribution in [3.05, 3.63) is 105 Å². The van der Waals surface area contributed by atoms with Crippen molar-refractivity contribution in [2.45, 2.75) is 6.04 Å². The number of anilines is 2. The fourth-order valence-corrected chi connectivity index (χ4v) is 4.18. The minimum Gasteiger partial charge on any atom is -0.273 e. The van der Waals surface area contributed by atoms with Crippen molar-refractivity contribution < 1.29 is 19.4 Å². The van der Waals surface area contributed by atoms with Crippen LogP contribution in [-0.2, 0) is 9.59 Å². The molecule has 2 aliphatic rings. The van der Waals surface area contributed by atoms with Gasteiger partial charge < -0.3 is 0 Å². The van der Waals surface area contributed by atoms with Crippen LogP contribution in [0.4, 0.5) is 22.7 Å². The SMILES string of the molecule is O=C1[C@@H]2C(c3ccc([N+](=O)[O-])cc3)=NN(c3ccccc3)[C@@H]2C(=O)N1c1ccc([N+](=O)[O-])cc1. The number of amides is 2. The number of benzene rings is 3. The van der Waals surface area contributed by atoms with E-state index in [-0.39, 0.29) is 17.1 Å². The molecule has 0 bridgehead atoms. The number of carbonyl (C=O) groups is 2. The molecule has 2 atom stereocenters. The summed E-state index contributed by atoms with van der Waals surface area (Å²) in [4.78, 5) is 48.9. The number of imide groups is 1. The molecule has 0 radical (unpaired) electrons. The van der Waals surface area contributed by atoms with E-state index in [0.717, 1.165) is 4.90 Å². The predicted octanol–water partition coefficient (Wildman–Crippen LogP) is 3.29. The molecule has 2 heterocycles. The van der Waals surface area contributed by atoms with Crippen LogP contribution in [0, 0.1) is 26.1 Å². The molecular formula is C23H15N5O6. The molecule has 168 valence electrons. The largest absolute Gasteiger partial charge is 0.273 e. The number of nitrogens with zero attached hydrogens (tertiary/aromatic N) is 5. The Hall–Kier alpha value is -4.93. The van der Waals surface area contributed by atoms with Crippen LogP contribution in [-0.4, -0.2) is 33.4 Å². The van der Waals surface area contributed by atoms with Crippen LogP contribution in [0.2, 0.25) is 0 Å². The summed E-state index contributed by atoms with van der Waals surface area (Å²) < 4.78 is 0. The summed E-state index contributed by atoms with van der Waals surface area (Å²) in [5, 5.41) is 28.1. The Bertz CT molecular complexity index is 1350. The molecule has 34 heavy (non-hydrogen) atoms. The van der Waals surface area contributed by atoms with Crippen molar-refractivity contribution >= 4 is 40.3 Å². The van der Waals surface area contributed by atoms with Gasteiger partial charge in [-0.25, -0.2) is 4.90 Å². The minimum atomic E-state index is -0.963. The van der Waals surface area contributed by atoms with E-state index in [9.17, 15) is 29.8 Å². The zero-order chi connectivity index (χ0) is 24.0. The lowest BCUT2D eigenvalue weighted by atomic mass is 9.92. The Kier molecular flexibility index (Phi) is 4.86. The average Bonchev–Trinajstić information content (AvgIpc) is 3.36. The van der Waals surface area contributed by atoms with Gasteiger partial charge in [0.2, 0.25) is 5.91 Å². The average molecular weight is 457 g/mol. The highest BCUT2D eigenvalue weighted by Crippen LogP contribution is 2.39. The number of hydrogen-bond acceptors (Lipinski definition) is 8. The first-order chi connectivity index (χ1) is 16.4. The highest BCUT2D eigenvalue weighted by molar-refractivity contribution is 6.34. The number of para-hydroxylation sites is 1. The molecule has 3 aromatic rings. The van der Waals surface area contributed by atoms with E-state index in [1.165, 1.54) is 53.5 Å². The molecule has 11 nitrogen and oxygen atoms in total. The van der Waals surface area contributed by atoms with Crippen molar-refractivity contribution in [1.29, 1.82) is 0 Å². The van der Waals surface area contributed by atoms with Crippen LogP contribution in [0.1, 0.15) is 5.56 Å². The van der Waals surface area contributed by atoms with E-state index in [4.69, 9.17) is 0 Å². The second-order valence-corrected chi connectivity index (χ2v) is 7.68. The van der Waals surface area contributed by atoms with Crippen molar-refractivity contribution in [1.82, 2.24) is 0 Å². The predicted molar refractivity (Wildman–Crippen MR) is 121 cm³/mol. The number of rotatable bonds is 5. The highest BCUT2D eigenvalue weighted by atomic mass is 16.6. The Balaban J connectivity index is 1.58. The van der Waals surface area contributed by atoms with Crippen LogP contribution in [0.5, 0.6) is 0 Å². The number of nitro benzene ring substituents is 2. The summed E-state index contributed by atoms with van der Waals surface area (Å²) in [7, 11) is 0. The van der Waals surface area contributed by atoms with Gasteiger partial charge in [0.05, 0.1) is 26.9 Å². The summed E-state index contributed by atoms with van der Waals surface area (Å²) in [6, 6.07) is 18.7. The molecule has 0 saturated carbocycles. The van der Waals surface area contributed by atoms with E-state index in [1.54, 1.807) is 24.3 Å². The molecule has 0 unspecified atom stereocenters. The number of nitro groups is 2. The van der Waals surface area contributed by atoms with Crippen LogP contribution in [0.3, 0.4) is 0 Å².